The minimum absolute atomic E-state index is 0.190. The number of urea groups is 1. The number of carbonyl (C=O) groups is 2. The van der Waals surface area contributed by atoms with Gasteiger partial charge in [0.2, 0.25) is 0 Å². The molecule has 0 spiro atoms. The number of likely N-dealkylation sites (N-methyl/N-ethyl adjacent to an activating group) is 1. The minimum Gasteiger partial charge on any atom is -0.497 e. The molecule has 0 saturated carbocycles. The maximum Gasteiger partial charge on any atom is 0.328 e. The van der Waals surface area contributed by atoms with E-state index in [0.29, 0.717) is 5.92 Å². The molecule has 0 aliphatic carbocycles. The molecule has 1 aromatic carbocycles. The summed E-state index contributed by atoms with van der Waals surface area (Å²) in [6.45, 7) is 7.57. The quantitative estimate of drug-likeness (QED) is 0.722. The number of hydrogen-bond donors (Lipinski definition) is 1. The minimum atomic E-state index is -0.459. The number of nitrogens with zero attached hydrogens (tertiary/aromatic N) is 4. The molecule has 3 aliphatic rings. The van der Waals surface area contributed by atoms with Crippen LogP contribution in [0.3, 0.4) is 0 Å². The van der Waals surface area contributed by atoms with Crippen LogP contribution in [0.5, 0.6) is 11.5 Å². The van der Waals surface area contributed by atoms with Gasteiger partial charge in [0.05, 0.1) is 19.9 Å². The molecule has 0 bridgehead atoms. The van der Waals surface area contributed by atoms with E-state index in [9.17, 15) is 9.59 Å². The average molecular weight is 415 g/mol. The molecule has 4 rings (SSSR count). The van der Waals surface area contributed by atoms with E-state index in [4.69, 9.17) is 9.47 Å². The number of carbonyl (C=O) groups excluding carboxylic acids is 2. The van der Waals surface area contributed by atoms with Crippen molar-refractivity contribution < 1.29 is 19.1 Å². The number of ether oxygens (including phenoxy) is 2. The highest BCUT2D eigenvalue weighted by atomic mass is 16.5. The number of nitrogens with one attached hydrogen (secondary N) is 1. The van der Waals surface area contributed by atoms with Gasteiger partial charge in [0, 0.05) is 32.7 Å². The van der Waals surface area contributed by atoms with Gasteiger partial charge in [-0.25, -0.2) is 4.79 Å². The number of hydrogen-bond acceptors (Lipinski definition) is 7. The molecule has 3 saturated heterocycles. The number of imide groups is 1. The third-order valence-electron chi connectivity index (χ3n) is 6.09. The van der Waals surface area contributed by atoms with Gasteiger partial charge in [-0.1, -0.05) is 13.0 Å². The fraction of sp³-hybridized carbons (Fsp3) is 0.524. The summed E-state index contributed by atoms with van der Waals surface area (Å²) in [4.78, 5) is 33.2. The summed E-state index contributed by atoms with van der Waals surface area (Å²) >= 11 is 0. The summed E-state index contributed by atoms with van der Waals surface area (Å²) in [5.74, 6) is 1.57. The van der Waals surface area contributed by atoms with Crippen LogP contribution in [-0.2, 0) is 4.79 Å². The number of benzene rings is 1. The van der Waals surface area contributed by atoms with Crippen LogP contribution in [0.4, 0.5) is 10.5 Å². The third kappa shape index (κ3) is 3.09. The first-order valence-corrected chi connectivity index (χ1v) is 10.1. The highest BCUT2D eigenvalue weighted by Crippen LogP contribution is 2.39. The van der Waals surface area contributed by atoms with Crippen LogP contribution in [0.1, 0.15) is 6.92 Å². The van der Waals surface area contributed by atoms with Crippen molar-refractivity contribution in [3.05, 3.63) is 30.9 Å². The number of fused-ring (bicyclic) bond motifs is 3. The zero-order valence-electron chi connectivity index (χ0n) is 17.9. The first-order valence-electron chi connectivity index (χ1n) is 10.1. The Kier molecular flexibility index (Phi) is 5.33. The van der Waals surface area contributed by atoms with E-state index in [-0.39, 0.29) is 24.8 Å². The molecule has 0 radical (unpaired) electrons. The Morgan fingerprint density at radius 3 is 2.67 bits per heavy atom. The van der Waals surface area contributed by atoms with E-state index in [2.05, 4.69) is 28.6 Å². The van der Waals surface area contributed by atoms with Crippen molar-refractivity contribution in [2.75, 3.05) is 45.8 Å². The Labute approximate surface area is 176 Å². The van der Waals surface area contributed by atoms with Crippen molar-refractivity contribution in [2.45, 2.75) is 25.4 Å². The van der Waals surface area contributed by atoms with Gasteiger partial charge in [-0.3, -0.25) is 19.9 Å². The molecule has 1 N–H and O–H groups in total. The largest absolute Gasteiger partial charge is 0.497 e. The topological polar surface area (TPSA) is 77.6 Å². The monoisotopic (exact) mass is 415 g/mol. The van der Waals surface area contributed by atoms with Gasteiger partial charge in [0.1, 0.15) is 30.0 Å². The lowest BCUT2D eigenvalue weighted by Crippen LogP contribution is -2.66. The Bertz CT molecular complexity index is 862. The van der Waals surface area contributed by atoms with E-state index in [1.807, 2.05) is 18.2 Å². The molecule has 162 valence electrons. The van der Waals surface area contributed by atoms with Crippen LogP contribution in [0.15, 0.2) is 30.9 Å². The fourth-order valence-electron chi connectivity index (χ4n) is 4.72. The zero-order valence-corrected chi connectivity index (χ0v) is 17.9. The van der Waals surface area contributed by atoms with Crippen molar-refractivity contribution in [3.8, 4) is 11.5 Å². The van der Waals surface area contributed by atoms with E-state index in [0.717, 1.165) is 30.3 Å². The van der Waals surface area contributed by atoms with Crippen LogP contribution < -0.4 is 19.7 Å². The Morgan fingerprint density at radius 2 is 2.00 bits per heavy atom. The second-order valence-corrected chi connectivity index (χ2v) is 8.05. The number of amides is 3. The lowest BCUT2D eigenvalue weighted by molar-refractivity contribution is -0.138. The summed E-state index contributed by atoms with van der Waals surface area (Å²) in [5, 5.41) is 3.51. The molecular weight excluding hydrogens is 386 g/mol. The summed E-state index contributed by atoms with van der Waals surface area (Å²) < 4.78 is 11.0. The smallest absolute Gasteiger partial charge is 0.328 e. The Balaban J connectivity index is 1.73. The lowest BCUT2D eigenvalue weighted by Gasteiger charge is -2.46. The standard InChI is InChI=1S/C21H29N5O4/c1-6-9-24-19(27)17-18(23(3)21(24)28)22-20-25(11-13(2)12-26(17)20)15-10-14(29-4)7-8-16(15)30-5/h6-8,10,13,17-18,20,22H,1,9,11-12H2,2-5H3. The lowest BCUT2D eigenvalue weighted by atomic mass is 10.0. The predicted octanol–water partition coefficient (Wildman–Crippen LogP) is 1.12. The number of anilines is 1. The van der Waals surface area contributed by atoms with Gasteiger partial charge in [-0.05, 0) is 18.1 Å². The van der Waals surface area contributed by atoms with Gasteiger partial charge in [0.25, 0.3) is 5.91 Å². The molecule has 3 fully saturated rings. The first-order chi connectivity index (χ1) is 14.4. The van der Waals surface area contributed by atoms with Crippen molar-refractivity contribution in [1.29, 1.82) is 0 Å². The maximum absolute atomic E-state index is 13.3. The number of rotatable bonds is 5. The molecule has 3 amide bonds. The van der Waals surface area contributed by atoms with E-state index in [1.54, 1.807) is 32.2 Å². The summed E-state index contributed by atoms with van der Waals surface area (Å²) in [5.41, 5.74) is 0.883. The third-order valence-corrected chi connectivity index (χ3v) is 6.09. The molecule has 9 nitrogen and oxygen atoms in total. The average Bonchev–Trinajstić information content (AvgIpc) is 3.13. The van der Waals surface area contributed by atoms with Crippen LogP contribution in [0.2, 0.25) is 0 Å². The van der Waals surface area contributed by atoms with Crippen LogP contribution in [0, 0.1) is 5.92 Å². The molecule has 0 aromatic heterocycles. The molecule has 3 aliphatic heterocycles. The highest BCUT2D eigenvalue weighted by molar-refractivity contribution is 6.00. The van der Waals surface area contributed by atoms with Crippen molar-refractivity contribution in [2.24, 2.45) is 5.92 Å². The highest BCUT2D eigenvalue weighted by Gasteiger charge is 2.56. The summed E-state index contributed by atoms with van der Waals surface area (Å²) in [6.07, 6.45) is 0.927. The number of methoxy groups -OCH3 is 2. The van der Waals surface area contributed by atoms with E-state index >= 15 is 0 Å². The predicted molar refractivity (Wildman–Crippen MR) is 112 cm³/mol. The van der Waals surface area contributed by atoms with Gasteiger partial charge >= 0.3 is 6.03 Å². The van der Waals surface area contributed by atoms with E-state index in [1.165, 1.54) is 4.90 Å². The molecule has 30 heavy (non-hydrogen) atoms. The molecule has 1 aromatic rings. The summed E-state index contributed by atoms with van der Waals surface area (Å²) in [7, 11) is 5.00. The fourth-order valence-corrected chi connectivity index (χ4v) is 4.72. The van der Waals surface area contributed by atoms with E-state index < -0.39 is 12.2 Å². The van der Waals surface area contributed by atoms with Crippen LogP contribution in [-0.4, -0.2) is 86.0 Å². The summed E-state index contributed by atoms with van der Waals surface area (Å²) in [6, 6.07) is 4.91. The normalized spacial score (nSPS) is 29.0. The van der Waals surface area contributed by atoms with Crippen molar-refractivity contribution in [1.82, 2.24) is 20.0 Å². The van der Waals surface area contributed by atoms with Crippen LogP contribution >= 0.6 is 0 Å². The second kappa shape index (κ2) is 7.81. The van der Waals surface area contributed by atoms with Gasteiger partial charge in [0.15, 0.2) is 0 Å². The SMILES string of the molecule is C=CCN1C(=O)C2C(NC3N(c4cc(OC)ccc4OC)CC(C)CN23)N(C)C1=O. The zero-order chi connectivity index (χ0) is 21.6. The molecule has 4 atom stereocenters. The maximum atomic E-state index is 13.3. The van der Waals surface area contributed by atoms with Gasteiger partial charge < -0.3 is 19.3 Å². The molecule has 4 unspecified atom stereocenters. The van der Waals surface area contributed by atoms with Gasteiger partial charge in [-0.15, -0.1) is 6.58 Å². The van der Waals surface area contributed by atoms with Crippen LogP contribution in [0.25, 0.3) is 0 Å². The Morgan fingerprint density at radius 1 is 1.23 bits per heavy atom. The first kappa shape index (κ1) is 20.5. The molecule has 3 heterocycles. The van der Waals surface area contributed by atoms with Crippen molar-refractivity contribution >= 4 is 17.6 Å². The Hall–Kier alpha value is -2.78. The molecule has 9 heteroatoms. The van der Waals surface area contributed by atoms with Crippen molar-refractivity contribution in [3.63, 3.8) is 0 Å². The molecular formula is C21H29N5O4. The second-order valence-electron chi connectivity index (χ2n) is 8.05. The van der Waals surface area contributed by atoms with Gasteiger partial charge in [-0.2, -0.15) is 0 Å².